The molecule has 0 aliphatic carbocycles. The van der Waals surface area contributed by atoms with Crippen LogP contribution in [0.3, 0.4) is 0 Å². The molecule has 0 aliphatic rings. The molecule has 0 saturated heterocycles. The Morgan fingerprint density at radius 2 is 1.90 bits per heavy atom. The van der Waals surface area contributed by atoms with Crippen molar-refractivity contribution in [1.29, 1.82) is 0 Å². The number of ether oxygens (including phenoxy) is 1. The van der Waals surface area contributed by atoms with Crippen molar-refractivity contribution in [2.45, 2.75) is 12.5 Å². The van der Waals surface area contributed by atoms with Crippen molar-refractivity contribution in [3.8, 4) is 0 Å². The second kappa shape index (κ2) is 7.39. The van der Waals surface area contributed by atoms with E-state index in [2.05, 4.69) is 10.6 Å². The molecule has 0 radical (unpaired) electrons. The minimum atomic E-state index is -1.06. The van der Waals surface area contributed by atoms with Crippen molar-refractivity contribution in [2.24, 2.45) is 0 Å². The van der Waals surface area contributed by atoms with Gasteiger partial charge in [-0.1, -0.05) is 0 Å². The number of carboxylic acid groups (broad SMARTS) is 1. The molecule has 0 heterocycles. The fraction of sp³-hybridized carbons (Fsp3) is 0.333. The van der Waals surface area contributed by atoms with E-state index in [1.807, 2.05) is 0 Å². The van der Waals surface area contributed by atoms with E-state index in [0.717, 1.165) is 12.1 Å². The van der Waals surface area contributed by atoms with E-state index in [1.54, 1.807) is 0 Å². The van der Waals surface area contributed by atoms with Gasteiger partial charge in [0.05, 0.1) is 12.5 Å². The number of methoxy groups -OCH3 is 1. The average molecular weight is 288 g/mol. The van der Waals surface area contributed by atoms with E-state index in [4.69, 9.17) is 9.84 Å². The normalized spacial score (nSPS) is 11.8. The van der Waals surface area contributed by atoms with Crippen LogP contribution in [-0.2, 0) is 9.53 Å². The highest BCUT2D eigenvalue weighted by Crippen LogP contribution is 2.12. The molecule has 6 nitrogen and oxygen atoms in total. The molecule has 0 bridgehead atoms. The molecule has 110 valence electrons. The summed E-state index contributed by atoms with van der Waals surface area (Å²) in [6, 6.07) is 1.86. The van der Waals surface area contributed by atoms with Gasteiger partial charge in [0.1, 0.15) is 11.6 Å². The Kier molecular flexibility index (Phi) is 5.85. The Bertz CT molecular complexity index is 476. The maximum Gasteiger partial charge on any atom is 0.319 e. The van der Waals surface area contributed by atoms with Gasteiger partial charge in [-0.3, -0.25) is 4.79 Å². The summed E-state index contributed by atoms with van der Waals surface area (Å²) in [7, 11) is 1.31. The van der Waals surface area contributed by atoms with Crippen molar-refractivity contribution in [1.82, 2.24) is 5.32 Å². The summed E-state index contributed by atoms with van der Waals surface area (Å²) in [6.07, 6.45) is -0.965. The lowest BCUT2D eigenvalue weighted by molar-refractivity contribution is -0.139. The second-order valence-corrected chi connectivity index (χ2v) is 3.95. The molecule has 0 aliphatic heterocycles. The van der Waals surface area contributed by atoms with Gasteiger partial charge < -0.3 is 20.5 Å². The van der Waals surface area contributed by atoms with E-state index in [1.165, 1.54) is 7.11 Å². The van der Waals surface area contributed by atoms with Crippen molar-refractivity contribution < 1.29 is 28.2 Å². The van der Waals surface area contributed by atoms with E-state index < -0.39 is 29.7 Å². The molecule has 2 amide bonds. The Hall–Kier alpha value is -2.22. The first-order valence-corrected chi connectivity index (χ1v) is 5.66. The van der Waals surface area contributed by atoms with Crippen LogP contribution in [0, 0.1) is 11.6 Å². The molecule has 0 spiro atoms. The highest BCUT2D eigenvalue weighted by Gasteiger charge is 2.13. The van der Waals surface area contributed by atoms with Crippen LogP contribution in [-0.4, -0.2) is 36.9 Å². The maximum absolute atomic E-state index is 12.9. The van der Waals surface area contributed by atoms with Crippen LogP contribution in [0.2, 0.25) is 0 Å². The third kappa shape index (κ3) is 5.61. The van der Waals surface area contributed by atoms with Gasteiger partial charge >= 0.3 is 12.0 Å². The van der Waals surface area contributed by atoms with E-state index >= 15 is 0 Å². The zero-order valence-corrected chi connectivity index (χ0v) is 10.7. The topological polar surface area (TPSA) is 87.7 Å². The van der Waals surface area contributed by atoms with Gasteiger partial charge in [-0.05, 0) is 12.1 Å². The van der Waals surface area contributed by atoms with Gasteiger partial charge in [0.15, 0.2) is 0 Å². The Morgan fingerprint density at radius 1 is 1.30 bits per heavy atom. The third-order valence-corrected chi connectivity index (χ3v) is 2.35. The van der Waals surface area contributed by atoms with Crippen LogP contribution >= 0.6 is 0 Å². The van der Waals surface area contributed by atoms with Crippen molar-refractivity contribution in [2.75, 3.05) is 19.0 Å². The van der Waals surface area contributed by atoms with Crippen LogP contribution in [0.5, 0.6) is 0 Å². The van der Waals surface area contributed by atoms with Gasteiger partial charge in [-0.25, -0.2) is 13.6 Å². The number of carboxylic acids is 1. The van der Waals surface area contributed by atoms with Crippen LogP contribution in [0.25, 0.3) is 0 Å². The number of aliphatic carboxylic acids is 1. The fourth-order valence-electron chi connectivity index (χ4n) is 1.44. The highest BCUT2D eigenvalue weighted by molar-refractivity contribution is 5.89. The molecule has 0 saturated carbocycles. The Balaban J connectivity index is 2.48. The Labute approximate surface area is 113 Å². The van der Waals surface area contributed by atoms with E-state index in [0.29, 0.717) is 6.07 Å². The van der Waals surface area contributed by atoms with Gasteiger partial charge in [-0.15, -0.1) is 0 Å². The summed E-state index contributed by atoms with van der Waals surface area (Å²) < 4.78 is 30.6. The summed E-state index contributed by atoms with van der Waals surface area (Å²) in [6.45, 7) is -0.0492. The van der Waals surface area contributed by atoms with Crippen LogP contribution in [0.1, 0.15) is 6.42 Å². The number of halogens is 2. The number of nitrogens with one attached hydrogen (secondary N) is 2. The number of urea groups is 1. The summed E-state index contributed by atoms with van der Waals surface area (Å²) in [5.74, 6) is -2.70. The van der Waals surface area contributed by atoms with E-state index in [9.17, 15) is 18.4 Å². The minimum Gasteiger partial charge on any atom is -0.481 e. The molecule has 0 fully saturated rings. The van der Waals surface area contributed by atoms with Crippen molar-refractivity contribution in [3.63, 3.8) is 0 Å². The first-order chi connectivity index (χ1) is 9.40. The standard InChI is InChI=1S/C12H14F2N2O4/c1-20-10(5-11(17)18)6-15-12(19)16-9-3-7(13)2-8(14)4-9/h2-4,10H,5-6H2,1H3,(H,17,18)(H2,15,16,19). The number of hydrogen-bond donors (Lipinski definition) is 3. The van der Waals surface area contributed by atoms with Gasteiger partial charge in [-0.2, -0.15) is 0 Å². The smallest absolute Gasteiger partial charge is 0.319 e. The Morgan fingerprint density at radius 3 is 2.40 bits per heavy atom. The van der Waals surface area contributed by atoms with Crippen LogP contribution in [0.15, 0.2) is 18.2 Å². The number of benzene rings is 1. The van der Waals surface area contributed by atoms with Gasteiger partial charge in [0, 0.05) is 25.4 Å². The molecule has 0 aromatic heterocycles. The molecular formula is C12H14F2N2O4. The molecule has 1 unspecified atom stereocenters. The summed E-state index contributed by atoms with van der Waals surface area (Å²) in [4.78, 5) is 22.0. The molecule has 1 aromatic rings. The first kappa shape index (κ1) is 15.8. The molecule has 1 atom stereocenters. The SMILES string of the molecule is COC(CNC(=O)Nc1cc(F)cc(F)c1)CC(=O)O. The molecule has 8 heteroatoms. The average Bonchev–Trinajstić information content (AvgIpc) is 2.32. The maximum atomic E-state index is 12.9. The molecule has 20 heavy (non-hydrogen) atoms. The van der Waals surface area contributed by atoms with Gasteiger partial charge in [0.25, 0.3) is 0 Å². The largest absolute Gasteiger partial charge is 0.481 e. The van der Waals surface area contributed by atoms with Crippen LogP contribution < -0.4 is 10.6 Å². The first-order valence-electron chi connectivity index (χ1n) is 5.66. The molecular weight excluding hydrogens is 274 g/mol. The number of carbonyl (C=O) groups excluding carboxylic acids is 1. The van der Waals surface area contributed by atoms with Crippen LogP contribution in [0.4, 0.5) is 19.3 Å². The van der Waals surface area contributed by atoms with Crippen molar-refractivity contribution >= 4 is 17.7 Å². The number of amides is 2. The highest BCUT2D eigenvalue weighted by atomic mass is 19.1. The number of anilines is 1. The second-order valence-electron chi connectivity index (χ2n) is 3.95. The fourth-order valence-corrected chi connectivity index (χ4v) is 1.44. The minimum absolute atomic E-state index is 0.0489. The zero-order valence-electron chi connectivity index (χ0n) is 10.7. The number of rotatable bonds is 6. The molecule has 1 rings (SSSR count). The molecule has 3 N–H and O–H groups in total. The lowest BCUT2D eigenvalue weighted by Gasteiger charge is -2.14. The summed E-state index contributed by atoms with van der Waals surface area (Å²) in [5.41, 5.74) is -0.0489. The third-order valence-electron chi connectivity index (χ3n) is 2.35. The van der Waals surface area contributed by atoms with Crippen molar-refractivity contribution in [3.05, 3.63) is 29.8 Å². The molecule has 1 aromatic carbocycles. The lowest BCUT2D eigenvalue weighted by atomic mass is 10.2. The van der Waals surface area contributed by atoms with E-state index in [-0.39, 0.29) is 18.7 Å². The van der Waals surface area contributed by atoms with Gasteiger partial charge in [0.2, 0.25) is 0 Å². The number of carbonyl (C=O) groups is 2. The number of hydrogen-bond acceptors (Lipinski definition) is 3. The summed E-state index contributed by atoms with van der Waals surface area (Å²) >= 11 is 0. The predicted molar refractivity (Wildman–Crippen MR) is 66.4 cm³/mol. The quantitative estimate of drug-likeness (QED) is 0.741. The zero-order chi connectivity index (χ0) is 15.1. The monoisotopic (exact) mass is 288 g/mol. The predicted octanol–water partition coefficient (Wildman–Crippen LogP) is 1.58. The lowest BCUT2D eigenvalue weighted by Crippen LogP contribution is -2.37. The summed E-state index contributed by atoms with van der Waals surface area (Å²) in [5, 5.41) is 13.2.